The van der Waals surface area contributed by atoms with E-state index in [-0.39, 0.29) is 0 Å². The third-order valence-corrected chi connectivity index (χ3v) is 0.973. The van der Waals surface area contributed by atoms with E-state index in [2.05, 4.69) is 25.6 Å². The predicted octanol–water partition coefficient (Wildman–Crippen LogP) is 3.80. The topological polar surface area (TPSA) is 26.0 Å². The SMILES string of the molecule is CC.CC.Cc1cc(Br)no1. The molecule has 0 aliphatic rings. The van der Waals surface area contributed by atoms with Gasteiger partial charge in [-0.05, 0) is 22.9 Å². The zero-order valence-electron chi connectivity index (χ0n) is 7.81. The summed E-state index contributed by atoms with van der Waals surface area (Å²) >= 11 is 3.13. The summed E-state index contributed by atoms with van der Waals surface area (Å²) in [7, 11) is 0. The second kappa shape index (κ2) is 9.69. The Balaban J connectivity index is 0. The number of aromatic nitrogens is 1. The maximum Gasteiger partial charge on any atom is 0.149 e. The summed E-state index contributed by atoms with van der Waals surface area (Å²) in [6, 6.07) is 1.81. The van der Waals surface area contributed by atoms with Gasteiger partial charge in [0.1, 0.15) is 10.4 Å². The first-order valence-electron chi connectivity index (χ1n) is 3.88. The van der Waals surface area contributed by atoms with Gasteiger partial charge in [0.15, 0.2) is 0 Å². The zero-order valence-corrected chi connectivity index (χ0v) is 9.40. The van der Waals surface area contributed by atoms with Gasteiger partial charge in [0, 0.05) is 6.07 Å². The number of hydrogen-bond donors (Lipinski definition) is 0. The van der Waals surface area contributed by atoms with E-state index in [4.69, 9.17) is 0 Å². The molecule has 0 amide bonds. The van der Waals surface area contributed by atoms with E-state index in [9.17, 15) is 0 Å². The molecule has 0 aromatic carbocycles. The van der Waals surface area contributed by atoms with E-state index in [1.807, 2.05) is 34.6 Å². The highest BCUT2D eigenvalue weighted by Crippen LogP contribution is 2.07. The molecule has 0 N–H and O–H groups in total. The molecule has 66 valence electrons. The standard InChI is InChI=1S/C4H4BrNO.2C2H6/c1-3-2-4(5)6-7-3;2*1-2/h2H,1H3;2*1-2H3. The molecule has 0 unspecified atom stereocenters. The molecule has 0 spiro atoms. The lowest BCUT2D eigenvalue weighted by molar-refractivity contribution is 0.394. The van der Waals surface area contributed by atoms with Gasteiger partial charge in [0.25, 0.3) is 0 Å². The van der Waals surface area contributed by atoms with Crippen molar-refractivity contribution in [1.82, 2.24) is 5.16 Å². The van der Waals surface area contributed by atoms with Crippen molar-refractivity contribution in [2.24, 2.45) is 0 Å². The minimum atomic E-state index is 0.755. The lowest BCUT2D eigenvalue weighted by atomic mass is 10.5. The van der Waals surface area contributed by atoms with Gasteiger partial charge in [0.05, 0.1) is 0 Å². The molecule has 11 heavy (non-hydrogen) atoms. The van der Waals surface area contributed by atoms with Gasteiger partial charge in [0.2, 0.25) is 0 Å². The average molecular weight is 222 g/mol. The molecular formula is C8H16BrNO. The molecule has 1 heterocycles. The predicted molar refractivity (Wildman–Crippen MR) is 51.6 cm³/mol. The third-order valence-electron chi connectivity index (χ3n) is 0.599. The van der Waals surface area contributed by atoms with Gasteiger partial charge < -0.3 is 4.52 Å². The van der Waals surface area contributed by atoms with Crippen molar-refractivity contribution >= 4 is 15.9 Å². The van der Waals surface area contributed by atoms with Crippen molar-refractivity contribution in [3.63, 3.8) is 0 Å². The molecule has 2 nitrogen and oxygen atoms in total. The van der Waals surface area contributed by atoms with Crippen molar-refractivity contribution in [3.8, 4) is 0 Å². The molecule has 0 saturated heterocycles. The highest BCUT2D eigenvalue weighted by Gasteiger charge is 1.90. The third kappa shape index (κ3) is 7.59. The Hall–Kier alpha value is -0.310. The van der Waals surface area contributed by atoms with Gasteiger partial charge in [-0.25, -0.2) is 0 Å². The Labute approximate surface area is 77.1 Å². The molecule has 0 aliphatic heterocycles. The quantitative estimate of drug-likeness (QED) is 0.667. The van der Waals surface area contributed by atoms with Crippen LogP contribution in [-0.4, -0.2) is 5.16 Å². The molecule has 3 heteroatoms. The number of rotatable bonds is 0. The molecule has 1 rings (SSSR count). The van der Waals surface area contributed by atoms with Crippen molar-refractivity contribution < 1.29 is 4.52 Å². The van der Waals surface area contributed by atoms with Crippen molar-refractivity contribution in [2.75, 3.05) is 0 Å². The molecule has 0 fully saturated rings. The fourth-order valence-electron chi connectivity index (χ4n) is 0.336. The monoisotopic (exact) mass is 221 g/mol. The van der Waals surface area contributed by atoms with Gasteiger partial charge in [-0.2, -0.15) is 0 Å². The summed E-state index contributed by atoms with van der Waals surface area (Å²) in [5.74, 6) is 0.826. The highest BCUT2D eigenvalue weighted by atomic mass is 79.9. The summed E-state index contributed by atoms with van der Waals surface area (Å²) in [4.78, 5) is 0. The number of aryl methyl sites for hydroxylation is 1. The lowest BCUT2D eigenvalue weighted by Gasteiger charge is -1.65. The van der Waals surface area contributed by atoms with E-state index in [0.717, 1.165) is 10.4 Å². The molecule has 0 atom stereocenters. The maximum absolute atomic E-state index is 4.67. The van der Waals surface area contributed by atoms with Crippen LogP contribution in [0.1, 0.15) is 33.5 Å². The number of halogens is 1. The Morgan fingerprint density at radius 3 is 1.82 bits per heavy atom. The van der Waals surface area contributed by atoms with E-state index < -0.39 is 0 Å². The first kappa shape index (κ1) is 13.3. The Bertz CT molecular complexity index is 146. The summed E-state index contributed by atoms with van der Waals surface area (Å²) in [6.07, 6.45) is 0. The van der Waals surface area contributed by atoms with E-state index in [0.29, 0.717) is 0 Å². The van der Waals surface area contributed by atoms with Gasteiger partial charge in [-0.3, -0.25) is 0 Å². The Kier molecular flexibility index (Phi) is 11.7. The summed E-state index contributed by atoms with van der Waals surface area (Å²) in [6.45, 7) is 9.85. The van der Waals surface area contributed by atoms with Crippen LogP contribution in [0.4, 0.5) is 0 Å². The molecule has 0 radical (unpaired) electrons. The summed E-state index contributed by atoms with van der Waals surface area (Å²) in [5, 5.41) is 3.56. The maximum atomic E-state index is 4.67. The Morgan fingerprint density at radius 2 is 1.73 bits per heavy atom. The number of hydrogen-bond acceptors (Lipinski definition) is 2. The second-order valence-corrected chi connectivity index (χ2v) is 2.07. The molecule has 0 bridgehead atoms. The lowest BCUT2D eigenvalue weighted by Crippen LogP contribution is -1.51. The van der Waals surface area contributed by atoms with Crippen LogP contribution in [0.3, 0.4) is 0 Å². The summed E-state index contributed by atoms with van der Waals surface area (Å²) in [5.41, 5.74) is 0. The van der Waals surface area contributed by atoms with Crippen molar-refractivity contribution in [1.29, 1.82) is 0 Å². The molecule has 1 aromatic heterocycles. The van der Waals surface area contributed by atoms with Crippen LogP contribution in [0.15, 0.2) is 15.2 Å². The van der Waals surface area contributed by atoms with Crippen molar-refractivity contribution in [3.05, 3.63) is 16.4 Å². The van der Waals surface area contributed by atoms with Gasteiger partial charge in [-0.15, -0.1) is 0 Å². The zero-order chi connectivity index (χ0) is 9.28. The van der Waals surface area contributed by atoms with Gasteiger partial charge in [-0.1, -0.05) is 32.9 Å². The van der Waals surface area contributed by atoms with Gasteiger partial charge >= 0.3 is 0 Å². The fraction of sp³-hybridized carbons (Fsp3) is 0.625. The first-order chi connectivity index (χ1) is 5.29. The minimum Gasteiger partial charge on any atom is -0.361 e. The van der Waals surface area contributed by atoms with Crippen LogP contribution in [0, 0.1) is 6.92 Å². The highest BCUT2D eigenvalue weighted by molar-refractivity contribution is 9.10. The normalized spacial score (nSPS) is 7.09. The molecule has 1 aromatic rings. The fourth-order valence-corrected chi connectivity index (χ4v) is 0.731. The second-order valence-electron chi connectivity index (χ2n) is 1.26. The van der Waals surface area contributed by atoms with E-state index >= 15 is 0 Å². The summed E-state index contributed by atoms with van der Waals surface area (Å²) < 4.78 is 5.42. The van der Waals surface area contributed by atoms with Crippen LogP contribution < -0.4 is 0 Å². The average Bonchev–Trinajstić information content (AvgIpc) is 2.43. The smallest absolute Gasteiger partial charge is 0.149 e. The minimum absolute atomic E-state index is 0.755. The van der Waals surface area contributed by atoms with Crippen LogP contribution >= 0.6 is 15.9 Å². The Morgan fingerprint density at radius 1 is 1.27 bits per heavy atom. The van der Waals surface area contributed by atoms with E-state index in [1.165, 1.54) is 0 Å². The van der Waals surface area contributed by atoms with Crippen LogP contribution in [-0.2, 0) is 0 Å². The van der Waals surface area contributed by atoms with Crippen LogP contribution in [0.25, 0.3) is 0 Å². The molecule has 0 aliphatic carbocycles. The largest absolute Gasteiger partial charge is 0.361 e. The van der Waals surface area contributed by atoms with E-state index in [1.54, 1.807) is 6.07 Å². The van der Waals surface area contributed by atoms with Crippen LogP contribution in [0.2, 0.25) is 0 Å². The number of nitrogens with zero attached hydrogens (tertiary/aromatic N) is 1. The first-order valence-corrected chi connectivity index (χ1v) is 4.67. The van der Waals surface area contributed by atoms with Crippen LogP contribution in [0.5, 0.6) is 0 Å². The van der Waals surface area contributed by atoms with Crippen molar-refractivity contribution in [2.45, 2.75) is 34.6 Å². The molecule has 0 saturated carbocycles. The molecular weight excluding hydrogens is 206 g/mol.